The molecule has 1 amide bonds. The predicted octanol–water partition coefficient (Wildman–Crippen LogP) is 3.79. The highest BCUT2D eigenvalue weighted by Gasteiger charge is 2.16. The number of carbonyl (C=O) groups is 1. The lowest BCUT2D eigenvalue weighted by Gasteiger charge is -2.19. The summed E-state index contributed by atoms with van der Waals surface area (Å²) in [6.07, 6.45) is 3.02. The first-order chi connectivity index (χ1) is 15.2. The molecule has 0 bridgehead atoms. The molecule has 0 aliphatic heterocycles. The molecule has 0 atom stereocenters. The molecule has 2 heterocycles. The molecule has 0 unspecified atom stereocenters. The van der Waals surface area contributed by atoms with Crippen molar-refractivity contribution in [3.8, 4) is 11.4 Å². The lowest BCUT2D eigenvalue weighted by molar-refractivity contribution is 0.0523. The smallest absolute Gasteiger partial charge is 0.407 e. The normalized spacial score (nSPS) is 11.1. The first-order valence-electron chi connectivity index (χ1n) is 10.2. The van der Waals surface area contributed by atoms with E-state index in [1.807, 2.05) is 65.2 Å². The van der Waals surface area contributed by atoms with Gasteiger partial charge in [-0.05, 0) is 45.9 Å². The highest BCUT2D eigenvalue weighted by atomic mass is 16.6. The molecule has 0 radical (unpaired) electrons. The van der Waals surface area contributed by atoms with Gasteiger partial charge in [0.25, 0.3) is 0 Å². The zero-order valence-corrected chi connectivity index (χ0v) is 19.2. The van der Waals surface area contributed by atoms with Crippen molar-refractivity contribution in [2.45, 2.75) is 39.8 Å². The number of nitrogens with zero attached hydrogens (tertiary/aromatic N) is 4. The van der Waals surface area contributed by atoms with E-state index in [-0.39, 0.29) is 0 Å². The molecular formula is C22H29N7O3. The van der Waals surface area contributed by atoms with Crippen LogP contribution < -0.4 is 20.7 Å². The number of aromatic nitrogens is 4. The number of benzene rings is 1. The van der Waals surface area contributed by atoms with Crippen molar-refractivity contribution < 1.29 is 14.3 Å². The molecule has 0 saturated heterocycles. The van der Waals surface area contributed by atoms with Gasteiger partial charge in [0.15, 0.2) is 0 Å². The summed E-state index contributed by atoms with van der Waals surface area (Å²) in [6.45, 7) is 7.65. The van der Waals surface area contributed by atoms with Crippen LogP contribution in [0, 0.1) is 6.92 Å². The number of alkyl carbamates (subject to hydrolysis) is 1. The van der Waals surface area contributed by atoms with E-state index in [1.165, 1.54) is 0 Å². The molecule has 3 aromatic rings. The molecule has 0 saturated carbocycles. The number of amides is 1. The second-order valence-corrected chi connectivity index (χ2v) is 8.13. The molecule has 10 heteroatoms. The maximum Gasteiger partial charge on any atom is 0.407 e. The lowest BCUT2D eigenvalue weighted by Crippen LogP contribution is -2.32. The standard InChI is InChI=1S/C22H29N7O3/c1-14-9-19(23-5)28-20(26-14)27-16-7-8-18(31-6)17(10-16)29-13-15(12-25-29)11-24-21(30)32-22(2,3)4/h7-10,12-13H,11H2,1-6H3,(H,24,30)(H2,23,26,27,28). The van der Waals surface area contributed by atoms with Crippen LogP contribution in [0.1, 0.15) is 32.0 Å². The number of hydrogen-bond acceptors (Lipinski definition) is 8. The van der Waals surface area contributed by atoms with Crippen LogP contribution >= 0.6 is 0 Å². The molecule has 10 nitrogen and oxygen atoms in total. The predicted molar refractivity (Wildman–Crippen MR) is 123 cm³/mol. The van der Waals surface area contributed by atoms with Crippen LogP contribution in [0.2, 0.25) is 0 Å². The first-order valence-corrected chi connectivity index (χ1v) is 10.2. The fourth-order valence-electron chi connectivity index (χ4n) is 2.90. The summed E-state index contributed by atoms with van der Waals surface area (Å²) in [4.78, 5) is 20.7. The van der Waals surface area contributed by atoms with Crippen LogP contribution in [0.15, 0.2) is 36.7 Å². The molecule has 32 heavy (non-hydrogen) atoms. The highest BCUT2D eigenvalue weighted by molar-refractivity contribution is 5.67. The van der Waals surface area contributed by atoms with Crippen molar-refractivity contribution in [1.82, 2.24) is 25.1 Å². The Labute approximate surface area is 187 Å². The van der Waals surface area contributed by atoms with Crippen LogP contribution in [-0.2, 0) is 11.3 Å². The largest absolute Gasteiger partial charge is 0.494 e. The second-order valence-electron chi connectivity index (χ2n) is 8.13. The number of carbonyl (C=O) groups excluding carboxylic acids is 1. The third kappa shape index (κ3) is 6.10. The van der Waals surface area contributed by atoms with Gasteiger partial charge in [-0.15, -0.1) is 0 Å². The molecule has 3 N–H and O–H groups in total. The Hall–Kier alpha value is -3.82. The van der Waals surface area contributed by atoms with Crippen LogP contribution in [0.5, 0.6) is 5.75 Å². The van der Waals surface area contributed by atoms with Crippen molar-refractivity contribution in [3.63, 3.8) is 0 Å². The number of aryl methyl sites for hydroxylation is 1. The van der Waals surface area contributed by atoms with Crippen molar-refractivity contribution >= 4 is 23.5 Å². The van der Waals surface area contributed by atoms with E-state index in [0.29, 0.717) is 18.2 Å². The zero-order chi connectivity index (χ0) is 23.3. The van der Waals surface area contributed by atoms with Gasteiger partial charge >= 0.3 is 6.09 Å². The monoisotopic (exact) mass is 439 g/mol. The lowest BCUT2D eigenvalue weighted by atomic mass is 10.2. The summed E-state index contributed by atoms with van der Waals surface area (Å²) in [6, 6.07) is 7.47. The highest BCUT2D eigenvalue weighted by Crippen LogP contribution is 2.27. The van der Waals surface area contributed by atoms with E-state index in [2.05, 4.69) is 31.0 Å². The van der Waals surface area contributed by atoms with Gasteiger partial charge in [0.1, 0.15) is 22.9 Å². The minimum Gasteiger partial charge on any atom is -0.494 e. The fourth-order valence-corrected chi connectivity index (χ4v) is 2.90. The third-order valence-electron chi connectivity index (χ3n) is 4.26. The van der Waals surface area contributed by atoms with Gasteiger partial charge in [0.05, 0.1) is 13.3 Å². The van der Waals surface area contributed by atoms with E-state index in [9.17, 15) is 4.79 Å². The summed E-state index contributed by atoms with van der Waals surface area (Å²) in [5, 5.41) is 13.4. The maximum atomic E-state index is 11.9. The summed E-state index contributed by atoms with van der Waals surface area (Å²) >= 11 is 0. The van der Waals surface area contributed by atoms with Gasteiger partial charge in [0.2, 0.25) is 5.95 Å². The summed E-state index contributed by atoms with van der Waals surface area (Å²) < 4.78 is 12.5. The fraction of sp³-hybridized carbons (Fsp3) is 0.364. The van der Waals surface area contributed by atoms with Crippen molar-refractivity contribution in [2.24, 2.45) is 0 Å². The average molecular weight is 440 g/mol. The van der Waals surface area contributed by atoms with E-state index >= 15 is 0 Å². The molecule has 0 aliphatic rings. The van der Waals surface area contributed by atoms with E-state index in [0.717, 1.165) is 28.5 Å². The molecular weight excluding hydrogens is 410 g/mol. The molecule has 170 valence electrons. The minimum absolute atomic E-state index is 0.291. The van der Waals surface area contributed by atoms with Gasteiger partial charge < -0.3 is 25.4 Å². The Morgan fingerprint density at radius 2 is 1.97 bits per heavy atom. The first kappa shape index (κ1) is 22.9. The number of ether oxygens (including phenoxy) is 2. The van der Waals surface area contributed by atoms with Gasteiger partial charge in [-0.25, -0.2) is 14.5 Å². The van der Waals surface area contributed by atoms with Gasteiger partial charge in [-0.1, -0.05) is 0 Å². The summed E-state index contributed by atoms with van der Waals surface area (Å²) in [5.41, 5.74) is 2.61. The van der Waals surface area contributed by atoms with Crippen LogP contribution in [0.25, 0.3) is 5.69 Å². The van der Waals surface area contributed by atoms with Crippen molar-refractivity contribution in [3.05, 3.63) is 47.9 Å². The average Bonchev–Trinajstić information content (AvgIpc) is 3.19. The van der Waals surface area contributed by atoms with Crippen LogP contribution in [0.3, 0.4) is 0 Å². The Bertz CT molecular complexity index is 1090. The quantitative estimate of drug-likeness (QED) is 0.509. The molecule has 0 aliphatic carbocycles. The summed E-state index contributed by atoms with van der Waals surface area (Å²) in [5.74, 6) is 1.85. The van der Waals surface area contributed by atoms with Crippen LogP contribution in [-0.4, -0.2) is 45.6 Å². The number of methoxy groups -OCH3 is 1. The zero-order valence-electron chi connectivity index (χ0n) is 19.2. The molecule has 0 spiro atoms. The summed E-state index contributed by atoms with van der Waals surface area (Å²) in [7, 11) is 3.41. The van der Waals surface area contributed by atoms with Gasteiger partial charge in [-0.2, -0.15) is 10.1 Å². The number of anilines is 3. The molecule has 3 rings (SSSR count). The Morgan fingerprint density at radius 1 is 1.19 bits per heavy atom. The Balaban J connectivity index is 1.78. The van der Waals surface area contributed by atoms with Gasteiger partial charge in [-0.3, -0.25) is 0 Å². The molecule has 1 aromatic carbocycles. The van der Waals surface area contributed by atoms with Gasteiger partial charge in [0, 0.05) is 42.8 Å². The molecule has 2 aromatic heterocycles. The van der Waals surface area contributed by atoms with Crippen LogP contribution in [0.4, 0.5) is 22.2 Å². The Kier molecular flexibility index (Phi) is 6.82. The Morgan fingerprint density at radius 3 is 2.66 bits per heavy atom. The topological polar surface area (TPSA) is 115 Å². The number of nitrogens with one attached hydrogen (secondary N) is 3. The number of hydrogen-bond donors (Lipinski definition) is 3. The van der Waals surface area contributed by atoms with E-state index < -0.39 is 11.7 Å². The van der Waals surface area contributed by atoms with E-state index in [1.54, 1.807) is 18.0 Å². The molecule has 0 fully saturated rings. The maximum absolute atomic E-state index is 11.9. The van der Waals surface area contributed by atoms with Crippen molar-refractivity contribution in [1.29, 1.82) is 0 Å². The third-order valence-corrected chi connectivity index (χ3v) is 4.26. The SMILES string of the molecule is CNc1cc(C)nc(Nc2ccc(OC)c(-n3cc(CNC(=O)OC(C)(C)C)cn3)c2)n1. The second kappa shape index (κ2) is 9.54. The minimum atomic E-state index is -0.552. The number of rotatable bonds is 7. The van der Waals surface area contributed by atoms with Crippen molar-refractivity contribution in [2.75, 3.05) is 24.8 Å². The van der Waals surface area contributed by atoms with E-state index in [4.69, 9.17) is 9.47 Å².